The number of hydrogen-bond acceptors (Lipinski definition) is 4. The highest BCUT2D eigenvalue weighted by molar-refractivity contribution is 6.53. The molecule has 4 rings (SSSR count). The van der Waals surface area contributed by atoms with Gasteiger partial charge in [0, 0.05) is 27.0 Å². The fourth-order valence-corrected chi connectivity index (χ4v) is 4.18. The Morgan fingerprint density at radius 1 is 0.853 bits per heavy atom. The van der Waals surface area contributed by atoms with E-state index in [2.05, 4.69) is 10.6 Å². The number of nitrogens with zero attached hydrogens (tertiary/aromatic N) is 1. The van der Waals surface area contributed by atoms with Crippen LogP contribution in [0.2, 0.25) is 10.0 Å². The summed E-state index contributed by atoms with van der Waals surface area (Å²) in [6, 6.07) is 18.2. The molecule has 0 fully saturated rings. The Bertz CT molecular complexity index is 1320. The van der Waals surface area contributed by atoms with Gasteiger partial charge in [-0.05, 0) is 60.5 Å². The average molecular weight is 515 g/mol. The normalized spacial score (nSPS) is 13.5. The van der Waals surface area contributed by atoms with Gasteiger partial charge in [0.05, 0.1) is 5.69 Å². The van der Waals surface area contributed by atoms with E-state index in [0.717, 1.165) is 16.9 Å². The maximum absolute atomic E-state index is 13.0. The van der Waals surface area contributed by atoms with Gasteiger partial charge in [-0.3, -0.25) is 14.4 Å². The second-order valence-electron chi connectivity index (χ2n) is 7.47. The molecule has 3 amide bonds. The highest BCUT2D eigenvalue weighted by Gasteiger charge is 2.39. The average Bonchev–Trinajstić information content (AvgIpc) is 3.02. The molecule has 0 unspecified atom stereocenters. The first-order valence-corrected chi connectivity index (χ1v) is 11.4. The third-order valence-corrected chi connectivity index (χ3v) is 5.93. The van der Waals surface area contributed by atoms with E-state index in [1.54, 1.807) is 48.5 Å². The molecule has 9 heteroatoms. The zero-order valence-corrected chi connectivity index (χ0v) is 20.1. The summed E-state index contributed by atoms with van der Waals surface area (Å²) in [5, 5.41) is 6.15. The fraction of sp³-hybridized carbons (Fsp3) is 0.0800. The van der Waals surface area contributed by atoms with Crippen molar-refractivity contribution in [3.05, 3.63) is 98.6 Å². The Hall–Kier alpha value is -3.32. The van der Waals surface area contributed by atoms with Crippen LogP contribution in [0.1, 0.15) is 22.8 Å². The van der Waals surface area contributed by atoms with E-state index in [4.69, 9.17) is 34.8 Å². The Morgan fingerprint density at radius 2 is 1.53 bits per heavy atom. The van der Waals surface area contributed by atoms with E-state index >= 15 is 0 Å². The summed E-state index contributed by atoms with van der Waals surface area (Å²) in [6.07, 6.45) is 0.836. The molecule has 1 aliphatic heterocycles. The van der Waals surface area contributed by atoms with Crippen LogP contribution >= 0.6 is 34.8 Å². The van der Waals surface area contributed by atoms with Crippen molar-refractivity contribution in [1.82, 2.24) is 0 Å². The zero-order chi connectivity index (χ0) is 24.4. The molecule has 34 heavy (non-hydrogen) atoms. The van der Waals surface area contributed by atoms with Crippen LogP contribution in [0.15, 0.2) is 77.5 Å². The smallest absolute Gasteiger partial charge is 0.283 e. The van der Waals surface area contributed by atoms with Crippen LogP contribution < -0.4 is 15.5 Å². The number of imide groups is 1. The number of rotatable bonds is 6. The molecular weight excluding hydrogens is 497 g/mol. The molecule has 1 aliphatic rings. The number of carbonyl (C=O) groups excluding carboxylic acids is 3. The van der Waals surface area contributed by atoms with Gasteiger partial charge in [0.25, 0.3) is 17.7 Å². The predicted octanol–water partition coefficient (Wildman–Crippen LogP) is 6.24. The quantitative estimate of drug-likeness (QED) is 0.382. The number of halogens is 3. The Kier molecular flexibility index (Phi) is 6.93. The summed E-state index contributed by atoms with van der Waals surface area (Å²) in [7, 11) is 0. The Morgan fingerprint density at radius 3 is 2.18 bits per heavy atom. The molecule has 0 spiro atoms. The molecule has 6 nitrogen and oxygen atoms in total. The molecule has 0 atom stereocenters. The zero-order valence-electron chi connectivity index (χ0n) is 17.9. The van der Waals surface area contributed by atoms with Gasteiger partial charge in [-0.2, -0.15) is 0 Å². The number of aryl methyl sites for hydroxylation is 1. The summed E-state index contributed by atoms with van der Waals surface area (Å²) in [5.41, 5.74) is 2.60. The molecule has 0 bridgehead atoms. The Balaban J connectivity index is 1.53. The molecule has 172 valence electrons. The molecule has 1 heterocycles. The first-order chi connectivity index (χ1) is 16.3. The number of benzene rings is 3. The van der Waals surface area contributed by atoms with E-state index < -0.39 is 17.7 Å². The molecular formula is C25H18Cl3N3O3. The highest BCUT2D eigenvalue weighted by atomic mass is 35.5. The SMILES string of the molecule is CCc1ccc(N2C(=O)C(Cl)=C(Nc3cccc(C(=O)Nc4cc(Cl)cc(Cl)c4)c3)C2=O)cc1. The highest BCUT2D eigenvalue weighted by Crippen LogP contribution is 2.30. The standard InChI is InChI=1S/C25H18Cl3N3O3/c1-2-14-6-8-20(9-7-14)31-24(33)21(28)22(25(31)34)29-18-5-3-4-15(10-18)23(32)30-19-12-16(26)11-17(27)13-19/h3-13,29H,2H2,1H3,(H,30,32). The van der Waals surface area contributed by atoms with E-state index in [1.165, 1.54) is 6.07 Å². The first kappa shape index (κ1) is 23.8. The van der Waals surface area contributed by atoms with Gasteiger partial charge in [-0.1, -0.05) is 59.9 Å². The van der Waals surface area contributed by atoms with Crippen LogP contribution in [-0.2, 0) is 16.0 Å². The van der Waals surface area contributed by atoms with Crippen molar-refractivity contribution in [3.63, 3.8) is 0 Å². The molecule has 0 aliphatic carbocycles. The van der Waals surface area contributed by atoms with Gasteiger partial charge in [0.2, 0.25) is 0 Å². The maximum Gasteiger partial charge on any atom is 0.283 e. The minimum Gasteiger partial charge on any atom is -0.350 e. The van der Waals surface area contributed by atoms with Crippen LogP contribution in [0.3, 0.4) is 0 Å². The Labute approximate surface area is 211 Å². The largest absolute Gasteiger partial charge is 0.350 e. The third kappa shape index (κ3) is 4.94. The lowest BCUT2D eigenvalue weighted by Gasteiger charge is -2.15. The van der Waals surface area contributed by atoms with E-state index in [-0.39, 0.29) is 10.7 Å². The number of nitrogens with one attached hydrogen (secondary N) is 2. The predicted molar refractivity (Wildman–Crippen MR) is 136 cm³/mol. The van der Waals surface area contributed by atoms with Crippen molar-refractivity contribution in [1.29, 1.82) is 0 Å². The van der Waals surface area contributed by atoms with Gasteiger partial charge in [-0.15, -0.1) is 0 Å². The van der Waals surface area contributed by atoms with Crippen molar-refractivity contribution in [2.75, 3.05) is 15.5 Å². The van der Waals surface area contributed by atoms with Crippen LogP contribution in [-0.4, -0.2) is 17.7 Å². The van der Waals surface area contributed by atoms with Gasteiger partial charge >= 0.3 is 0 Å². The van der Waals surface area contributed by atoms with E-state index in [0.29, 0.717) is 32.7 Å². The lowest BCUT2D eigenvalue weighted by molar-refractivity contribution is -0.120. The molecule has 2 N–H and O–H groups in total. The van der Waals surface area contributed by atoms with Crippen LogP contribution in [0.4, 0.5) is 17.1 Å². The summed E-state index contributed by atoms with van der Waals surface area (Å²) < 4.78 is 0. The summed E-state index contributed by atoms with van der Waals surface area (Å²) in [4.78, 5) is 39.4. The minimum absolute atomic E-state index is 0.0644. The summed E-state index contributed by atoms with van der Waals surface area (Å²) in [5.74, 6) is -1.61. The molecule has 0 saturated carbocycles. The lowest BCUT2D eigenvalue weighted by Crippen LogP contribution is -2.32. The number of carbonyl (C=O) groups is 3. The van der Waals surface area contributed by atoms with Crippen molar-refractivity contribution >= 4 is 69.6 Å². The van der Waals surface area contributed by atoms with Crippen LogP contribution in [0.5, 0.6) is 0 Å². The van der Waals surface area contributed by atoms with Crippen molar-refractivity contribution in [3.8, 4) is 0 Å². The van der Waals surface area contributed by atoms with Crippen LogP contribution in [0, 0.1) is 0 Å². The first-order valence-electron chi connectivity index (χ1n) is 10.3. The number of hydrogen-bond donors (Lipinski definition) is 2. The monoisotopic (exact) mass is 513 g/mol. The summed E-state index contributed by atoms with van der Waals surface area (Å²) >= 11 is 18.2. The molecule has 3 aromatic rings. The lowest BCUT2D eigenvalue weighted by atomic mass is 10.1. The second-order valence-corrected chi connectivity index (χ2v) is 8.72. The number of amides is 3. The molecule has 3 aromatic carbocycles. The maximum atomic E-state index is 13.0. The minimum atomic E-state index is -0.620. The summed E-state index contributed by atoms with van der Waals surface area (Å²) in [6.45, 7) is 2.01. The van der Waals surface area contributed by atoms with E-state index in [9.17, 15) is 14.4 Å². The van der Waals surface area contributed by atoms with Gasteiger partial charge in [-0.25, -0.2) is 4.90 Å². The van der Waals surface area contributed by atoms with Gasteiger partial charge < -0.3 is 10.6 Å². The topological polar surface area (TPSA) is 78.5 Å². The van der Waals surface area contributed by atoms with E-state index in [1.807, 2.05) is 19.1 Å². The third-order valence-electron chi connectivity index (χ3n) is 5.14. The van der Waals surface area contributed by atoms with Crippen molar-refractivity contribution < 1.29 is 14.4 Å². The van der Waals surface area contributed by atoms with Gasteiger partial charge in [0.15, 0.2) is 0 Å². The molecule has 0 aromatic heterocycles. The van der Waals surface area contributed by atoms with Crippen molar-refractivity contribution in [2.24, 2.45) is 0 Å². The molecule has 0 radical (unpaired) electrons. The van der Waals surface area contributed by atoms with Gasteiger partial charge in [0.1, 0.15) is 10.7 Å². The molecule has 0 saturated heterocycles. The second kappa shape index (κ2) is 9.89. The van der Waals surface area contributed by atoms with Crippen LogP contribution in [0.25, 0.3) is 0 Å². The number of anilines is 3. The van der Waals surface area contributed by atoms with Crippen molar-refractivity contribution in [2.45, 2.75) is 13.3 Å². The fourth-order valence-electron chi connectivity index (χ4n) is 3.44.